The van der Waals surface area contributed by atoms with Crippen LogP contribution in [0.25, 0.3) is 11.0 Å². The zero-order valence-electron chi connectivity index (χ0n) is 13.4. The summed E-state index contributed by atoms with van der Waals surface area (Å²) in [6, 6.07) is 2.31. The Morgan fingerprint density at radius 2 is 2.27 bits per heavy atom. The summed E-state index contributed by atoms with van der Waals surface area (Å²) < 4.78 is 1.88. The van der Waals surface area contributed by atoms with E-state index in [1.807, 2.05) is 22.6 Å². The van der Waals surface area contributed by atoms with Crippen LogP contribution in [0.4, 0.5) is 0 Å². The monoisotopic (exact) mass is 301 g/mol. The molecule has 0 saturated carbocycles. The lowest BCUT2D eigenvalue weighted by molar-refractivity contribution is 0.0740. The highest BCUT2D eigenvalue weighted by Gasteiger charge is 2.29. The van der Waals surface area contributed by atoms with Gasteiger partial charge in [0.05, 0.1) is 17.5 Å². The molecule has 1 amide bonds. The number of aryl methyl sites for hydroxylation is 1. The minimum atomic E-state index is 0.0390. The van der Waals surface area contributed by atoms with Gasteiger partial charge in [0.2, 0.25) is 0 Å². The third-order valence-corrected chi connectivity index (χ3v) is 4.39. The maximum Gasteiger partial charge on any atom is 0.256 e. The van der Waals surface area contributed by atoms with E-state index in [-0.39, 0.29) is 18.0 Å². The van der Waals surface area contributed by atoms with Crippen molar-refractivity contribution in [1.82, 2.24) is 19.7 Å². The van der Waals surface area contributed by atoms with E-state index >= 15 is 0 Å². The second-order valence-corrected chi connectivity index (χ2v) is 6.25. The molecule has 2 aromatic rings. The summed E-state index contributed by atoms with van der Waals surface area (Å²) in [4.78, 5) is 19.3. The summed E-state index contributed by atoms with van der Waals surface area (Å²) in [6.45, 7) is 7.32. The molecule has 22 heavy (non-hydrogen) atoms. The van der Waals surface area contributed by atoms with E-state index < -0.39 is 0 Å². The molecule has 1 aliphatic heterocycles. The Morgan fingerprint density at radius 1 is 1.50 bits per heavy atom. The predicted octanol–water partition coefficient (Wildman–Crippen LogP) is 1.88. The molecule has 0 aromatic carbocycles. The Bertz CT molecular complexity index is 706. The molecule has 6 nitrogen and oxygen atoms in total. The molecular weight excluding hydrogens is 278 g/mol. The van der Waals surface area contributed by atoms with E-state index in [0.717, 1.165) is 36.1 Å². The summed E-state index contributed by atoms with van der Waals surface area (Å²) in [5.41, 5.74) is 8.03. The average Bonchev–Trinajstić information content (AvgIpc) is 3.11. The molecule has 1 atom stereocenters. The number of pyridine rings is 1. The van der Waals surface area contributed by atoms with Crippen LogP contribution in [-0.2, 0) is 0 Å². The Hall–Kier alpha value is -1.95. The van der Waals surface area contributed by atoms with Crippen LogP contribution in [0.5, 0.6) is 0 Å². The van der Waals surface area contributed by atoms with Gasteiger partial charge in [-0.2, -0.15) is 5.10 Å². The molecule has 2 aromatic heterocycles. The van der Waals surface area contributed by atoms with E-state index in [4.69, 9.17) is 5.73 Å². The van der Waals surface area contributed by atoms with Crippen molar-refractivity contribution in [3.8, 4) is 0 Å². The Kier molecular flexibility index (Phi) is 3.87. The van der Waals surface area contributed by atoms with Gasteiger partial charge < -0.3 is 10.6 Å². The van der Waals surface area contributed by atoms with E-state index in [1.54, 1.807) is 6.20 Å². The van der Waals surface area contributed by atoms with Gasteiger partial charge in [-0.05, 0) is 39.7 Å². The van der Waals surface area contributed by atoms with Crippen LogP contribution < -0.4 is 5.73 Å². The van der Waals surface area contributed by atoms with Gasteiger partial charge in [0, 0.05) is 30.6 Å². The van der Waals surface area contributed by atoms with Crippen molar-refractivity contribution in [2.24, 2.45) is 5.73 Å². The first-order valence-corrected chi connectivity index (χ1v) is 7.88. The number of hydrogen-bond donors (Lipinski definition) is 1. The van der Waals surface area contributed by atoms with Gasteiger partial charge in [0.25, 0.3) is 5.91 Å². The second-order valence-electron chi connectivity index (χ2n) is 6.25. The van der Waals surface area contributed by atoms with Crippen molar-refractivity contribution in [3.63, 3.8) is 0 Å². The summed E-state index contributed by atoms with van der Waals surface area (Å²) in [5.74, 6) is 0.0390. The predicted molar refractivity (Wildman–Crippen MR) is 85.8 cm³/mol. The number of carbonyl (C=O) groups excluding carboxylic acids is 1. The Morgan fingerprint density at radius 3 is 2.95 bits per heavy atom. The van der Waals surface area contributed by atoms with Crippen molar-refractivity contribution >= 4 is 16.9 Å². The molecule has 6 heteroatoms. The minimum Gasteiger partial charge on any atom is -0.334 e. The molecule has 1 saturated heterocycles. The lowest BCUT2D eigenvalue weighted by Crippen LogP contribution is -2.40. The lowest BCUT2D eigenvalue weighted by atomic mass is 10.1. The average molecular weight is 301 g/mol. The molecule has 0 radical (unpaired) electrons. The van der Waals surface area contributed by atoms with E-state index in [9.17, 15) is 4.79 Å². The van der Waals surface area contributed by atoms with Crippen LogP contribution in [0.1, 0.15) is 48.8 Å². The molecule has 2 N–H and O–H groups in total. The fourth-order valence-corrected chi connectivity index (χ4v) is 3.16. The molecule has 3 rings (SSSR count). The molecule has 1 unspecified atom stereocenters. The van der Waals surface area contributed by atoms with Crippen LogP contribution in [0.15, 0.2) is 12.3 Å². The van der Waals surface area contributed by atoms with Gasteiger partial charge in [0.1, 0.15) is 0 Å². The standard InChI is InChI=1S/C16H23N5O/c1-10(2)21-15-12(9-18-21)7-14(11(3)19-15)16(22)20-6-4-5-13(20)8-17/h7,9-10,13H,4-6,8,17H2,1-3H3. The normalized spacial score (nSPS) is 18.6. The molecule has 118 valence electrons. The molecule has 0 spiro atoms. The number of nitrogens with zero attached hydrogens (tertiary/aromatic N) is 4. The highest BCUT2D eigenvalue weighted by molar-refractivity contribution is 5.98. The first kappa shape index (κ1) is 15.0. The lowest BCUT2D eigenvalue weighted by Gasteiger charge is -2.24. The van der Waals surface area contributed by atoms with E-state index in [2.05, 4.69) is 23.9 Å². The largest absolute Gasteiger partial charge is 0.334 e. The van der Waals surface area contributed by atoms with Gasteiger partial charge in [-0.25, -0.2) is 9.67 Å². The molecule has 0 bridgehead atoms. The number of aromatic nitrogens is 3. The smallest absolute Gasteiger partial charge is 0.256 e. The fourth-order valence-electron chi connectivity index (χ4n) is 3.16. The molecule has 1 aliphatic rings. The van der Waals surface area contributed by atoms with E-state index in [1.165, 1.54) is 0 Å². The highest BCUT2D eigenvalue weighted by atomic mass is 16.2. The first-order chi connectivity index (χ1) is 10.5. The van der Waals surface area contributed by atoms with Gasteiger partial charge >= 0.3 is 0 Å². The van der Waals surface area contributed by atoms with Crippen LogP contribution >= 0.6 is 0 Å². The minimum absolute atomic E-state index is 0.0390. The van der Waals surface area contributed by atoms with Gasteiger partial charge in [-0.1, -0.05) is 0 Å². The van der Waals surface area contributed by atoms with Crippen LogP contribution in [0.3, 0.4) is 0 Å². The van der Waals surface area contributed by atoms with Crippen LogP contribution in [0.2, 0.25) is 0 Å². The number of nitrogens with two attached hydrogens (primary N) is 1. The fraction of sp³-hybridized carbons (Fsp3) is 0.562. The molecule has 3 heterocycles. The SMILES string of the molecule is Cc1nc2c(cnn2C(C)C)cc1C(=O)N1CCCC1CN. The number of carbonyl (C=O) groups is 1. The highest BCUT2D eigenvalue weighted by Crippen LogP contribution is 2.24. The molecular formula is C16H23N5O. The van der Waals surface area contributed by atoms with E-state index in [0.29, 0.717) is 12.1 Å². The number of amides is 1. The third-order valence-electron chi connectivity index (χ3n) is 4.39. The number of hydrogen-bond acceptors (Lipinski definition) is 4. The van der Waals surface area contributed by atoms with Crippen molar-refractivity contribution in [2.75, 3.05) is 13.1 Å². The van der Waals surface area contributed by atoms with Gasteiger partial charge in [0.15, 0.2) is 5.65 Å². The summed E-state index contributed by atoms with van der Waals surface area (Å²) >= 11 is 0. The number of fused-ring (bicyclic) bond motifs is 1. The topological polar surface area (TPSA) is 77.0 Å². The van der Waals surface area contributed by atoms with Crippen molar-refractivity contribution in [1.29, 1.82) is 0 Å². The summed E-state index contributed by atoms with van der Waals surface area (Å²) in [5, 5.41) is 5.28. The third kappa shape index (κ3) is 2.37. The second kappa shape index (κ2) is 5.68. The number of likely N-dealkylation sites (tertiary alicyclic amines) is 1. The number of rotatable bonds is 3. The van der Waals surface area contributed by atoms with Gasteiger partial charge in [-0.3, -0.25) is 4.79 Å². The van der Waals surface area contributed by atoms with Crippen molar-refractivity contribution in [2.45, 2.75) is 45.7 Å². The maximum atomic E-state index is 12.8. The summed E-state index contributed by atoms with van der Waals surface area (Å²) in [7, 11) is 0. The van der Waals surface area contributed by atoms with Gasteiger partial charge in [-0.15, -0.1) is 0 Å². The molecule has 0 aliphatic carbocycles. The van der Waals surface area contributed by atoms with Crippen molar-refractivity contribution in [3.05, 3.63) is 23.5 Å². The quantitative estimate of drug-likeness (QED) is 0.939. The first-order valence-electron chi connectivity index (χ1n) is 7.88. The summed E-state index contributed by atoms with van der Waals surface area (Å²) in [6.07, 6.45) is 3.79. The van der Waals surface area contributed by atoms with Crippen LogP contribution in [-0.4, -0.2) is 44.7 Å². The molecule has 1 fully saturated rings. The Labute approximate surface area is 130 Å². The maximum absolute atomic E-state index is 12.8. The Balaban J connectivity index is 2.01. The zero-order chi connectivity index (χ0) is 15.9. The van der Waals surface area contributed by atoms with Crippen LogP contribution in [0, 0.1) is 6.92 Å². The van der Waals surface area contributed by atoms with Crippen molar-refractivity contribution < 1.29 is 4.79 Å². The zero-order valence-corrected chi connectivity index (χ0v) is 13.4.